The van der Waals surface area contributed by atoms with E-state index in [9.17, 15) is 18.5 Å². The molecule has 25 heavy (non-hydrogen) atoms. The van der Waals surface area contributed by atoms with Crippen LogP contribution in [0.2, 0.25) is 0 Å². The summed E-state index contributed by atoms with van der Waals surface area (Å²) in [6.07, 6.45) is 3.07. The van der Waals surface area contributed by atoms with E-state index in [1.165, 1.54) is 12.1 Å². The average molecular weight is 361 g/mol. The Morgan fingerprint density at radius 3 is 2.32 bits per heavy atom. The summed E-state index contributed by atoms with van der Waals surface area (Å²) in [6, 6.07) is 12.5. The molecule has 8 heteroatoms. The van der Waals surface area contributed by atoms with Crippen molar-refractivity contribution in [2.75, 3.05) is 22.7 Å². The first-order valence-electron chi connectivity index (χ1n) is 8.09. The minimum atomic E-state index is -3.89. The quantitative estimate of drug-likeness (QED) is 0.651. The lowest BCUT2D eigenvalue weighted by Gasteiger charge is -2.28. The smallest absolute Gasteiger partial charge is 0.293 e. The molecule has 1 N–H and O–H groups in total. The van der Waals surface area contributed by atoms with Crippen molar-refractivity contribution < 1.29 is 13.3 Å². The van der Waals surface area contributed by atoms with Crippen molar-refractivity contribution in [3.05, 3.63) is 58.6 Å². The van der Waals surface area contributed by atoms with Gasteiger partial charge in [0.1, 0.15) is 5.69 Å². The van der Waals surface area contributed by atoms with Crippen LogP contribution in [-0.4, -0.2) is 26.4 Å². The van der Waals surface area contributed by atoms with Crippen LogP contribution in [0, 0.1) is 10.1 Å². The third-order valence-corrected chi connectivity index (χ3v) is 5.56. The summed E-state index contributed by atoms with van der Waals surface area (Å²) in [4.78, 5) is 12.8. The number of nitrogens with zero attached hydrogens (tertiary/aromatic N) is 2. The molecule has 132 valence electrons. The summed E-state index contributed by atoms with van der Waals surface area (Å²) >= 11 is 0. The van der Waals surface area contributed by atoms with Crippen molar-refractivity contribution in [2.24, 2.45) is 0 Å². The van der Waals surface area contributed by atoms with Crippen molar-refractivity contribution in [1.82, 2.24) is 0 Å². The van der Waals surface area contributed by atoms with Gasteiger partial charge >= 0.3 is 0 Å². The molecule has 2 aromatic carbocycles. The maximum absolute atomic E-state index is 12.5. The van der Waals surface area contributed by atoms with Gasteiger partial charge in [0.2, 0.25) is 0 Å². The number of hydrogen-bond donors (Lipinski definition) is 1. The first-order valence-corrected chi connectivity index (χ1v) is 9.57. The molecule has 3 rings (SSSR count). The number of rotatable bonds is 5. The molecule has 0 aliphatic carbocycles. The van der Waals surface area contributed by atoms with E-state index in [-0.39, 0.29) is 10.6 Å². The van der Waals surface area contributed by atoms with Crippen LogP contribution < -0.4 is 9.62 Å². The number of piperidine rings is 1. The Hall–Kier alpha value is -2.61. The van der Waals surface area contributed by atoms with E-state index in [0.717, 1.165) is 38.4 Å². The van der Waals surface area contributed by atoms with E-state index in [0.29, 0.717) is 11.4 Å². The van der Waals surface area contributed by atoms with E-state index in [1.807, 2.05) is 4.90 Å². The molecule has 0 radical (unpaired) electrons. The Labute approximate surface area is 146 Å². The van der Waals surface area contributed by atoms with Gasteiger partial charge in [-0.15, -0.1) is 0 Å². The molecule has 0 unspecified atom stereocenters. The van der Waals surface area contributed by atoms with Gasteiger partial charge in [-0.05, 0) is 43.5 Å². The van der Waals surface area contributed by atoms with Crippen molar-refractivity contribution in [3.63, 3.8) is 0 Å². The fourth-order valence-electron chi connectivity index (χ4n) is 2.94. The van der Waals surface area contributed by atoms with Gasteiger partial charge in [-0.1, -0.05) is 18.2 Å². The van der Waals surface area contributed by atoms with Crippen molar-refractivity contribution in [3.8, 4) is 0 Å². The summed E-state index contributed by atoms with van der Waals surface area (Å²) < 4.78 is 27.5. The van der Waals surface area contributed by atoms with Crippen molar-refractivity contribution >= 4 is 27.1 Å². The van der Waals surface area contributed by atoms with E-state index >= 15 is 0 Å². The van der Waals surface area contributed by atoms with E-state index in [4.69, 9.17) is 0 Å². The number of nitrogens with one attached hydrogen (secondary N) is 1. The summed E-state index contributed by atoms with van der Waals surface area (Å²) in [5.41, 5.74) is 0.700. The molecule has 2 aromatic rings. The van der Waals surface area contributed by atoms with Gasteiger partial charge < -0.3 is 4.90 Å². The molecule has 1 aliphatic heterocycles. The number of benzene rings is 2. The molecule has 0 saturated carbocycles. The summed E-state index contributed by atoms with van der Waals surface area (Å²) in [5, 5.41) is 11.5. The number of para-hydroxylation sites is 1. The number of anilines is 2. The van der Waals surface area contributed by atoms with Gasteiger partial charge in [-0.25, -0.2) is 8.42 Å². The molecule has 7 nitrogen and oxygen atoms in total. The normalized spacial score (nSPS) is 15.0. The van der Waals surface area contributed by atoms with E-state index in [2.05, 4.69) is 4.72 Å². The summed E-state index contributed by atoms with van der Waals surface area (Å²) in [7, 11) is -3.89. The van der Waals surface area contributed by atoms with Gasteiger partial charge in [-0.3, -0.25) is 14.8 Å². The zero-order valence-corrected chi connectivity index (χ0v) is 14.4. The highest BCUT2D eigenvalue weighted by Gasteiger charge is 2.25. The second-order valence-electron chi connectivity index (χ2n) is 5.93. The number of sulfonamides is 1. The predicted molar refractivity (Wildman–Crippen MR) is 96.4 cm³/mol. The van der Waals surface area contributed by atoms with Crippen LogP contribution in [0.4, 0.5) is 17.1 Å². The van der Waals surface area contributed by atoms with Crippen LogP contribution in [0.5, 0.6) is 0 Å². The highest BCUT2D eigenvalue weighted by Crippen LogP contribution is 2.33. The Morgan fingerprint density at radius 2 is 1.68 bits per heavy atom. The molecule has 1 saturated heterocycles. The molecule has 0 aromatic heterocycles. The second kappa shape index (κ2) is 7.10. The Bertz CT molecular complexity index is 863. The predicted octanol–water partition coefficient (Wildman–Crippen LogP) is 3.39. The molecular weight excluding hydrogens is 342 g/mol. The fourth-order valence-corrected chi connectivity index (χ4v) is 4.02. The molecule has 1 aliphatic rings. The number of nitro benzene ring substituents is 1. The lowest BCUT2D eigenvalue weighted by molar-refractivity contribution is -0.384. The maximum Gasteiger partial charge on any atom is 0.293 e. The van der Waals surface area contributed by atoms with Crippen LogP contribution in [0.25, 0.3) is 0 Å². The van der Waals surface area contributed by atoms with Crippen LogP contribution in [0.15, 0.2) is 53.4 Å². The monoisotopic (exact) mass is 361 g/mol. The minimum Gasteiger partial charge on any atom is -0.366 e. The Kier molecular flexibility index (Phi) is 4.89. The third-order valence-electron chi connectivity index (χ3n) is 4.18. The third kappa shape index (κ3) is 3.90. The molecule has 0 amide bonds. The lowest BCUT2D eigenvalue weighted by atomic mass is 10.1. The molecular formula is C17H19N3O4S. The molecule has 0 bridgehead atoms. The van der Waals surface area contributed by atoms with E-state index < -0.39 is 14.9 Å². The topological polar surface area (TPSA) is 92.5 Å². The zero-order chi connectivity index (χ0) is 17.9. The maximum atomic E-state index is 12.5. The van der Waals surface area contributed by atoms with E-state index in [1.54, 1.807) is 30.3 Å². The van der Waals surface area contributed by atoms with Gasteiger partial charge in [0.25, 0.3) is 15.7 Å². The fraction of sp³-hybridized carbons (Fsp3) is 0.294. The first kappa shape index (κ1) is 17.2. The van der Waals surface area contributed by atoms with Gasteiger partial charge in [0.05, 0.1) is 9.82 Å². The minimum absolute atomic E-state index is 0.121. The second-order valence-corrected chi connectivity index (χ2v) is 7.61. The lowest BCUT2D eigenvalue weighted by Crippen LogP contribution is -2.30. The van der Waals surface area contributed by atoms with Crippen LogP contribution in [0.1, 0.15) is 19.3 Å². The van der Waals surface area contributed by atoms with Crippen molar-refractivity contribution in [2.45, 2.75) is 24.2 Å². The van der Waals surface area contributed by atoms with Crippen LogP contribution in [-0.2, 0) is 10.0 Å². The SMILES string of the molecule is O=[N+]([O-])c1cc(S(=O)(=O)Nc2ccccc2)ccc1N1CCCCC1. The van der Waals surface area contributed by atoms with Crippen LogP contribution in [0.3, 0.4) is 0 Å². The molecule has 1 fully saturated rings. The van der Waals surface area contributed by atoms with Crippen molar-refractivity contribution in [1.29, 1.82) is 0 Å². The number of hydrogen-bond acceptors (Lipinski definition) is 5. The molecule has 0 spiro atoms. The highest BCUT2D eigenvalue weighted by atomic mass is 32.2. The summed E-state index contributed by atoms with van der Waals surface area (Å²) in [6.45, 7) is 1.49. The Balaban J connectivity index is 1.94. The molecule has 1 heterocycles. The average Bonchev–Trinajstić information content (AvgIpc) is 2.62. The standard InChI is InChI=1S/C17H19N3O4S/c21-20(22)17-13-15(9-10-16(17)19-11-5-2-6-12-19)25(23,24)18-14-7-3-1-4-8-14/h1,3-4,7-10,13,18H,2,5-6,11-12H2. The first-order chi connectivity index (χ1) is 12.0. The highest BCUT2D eigenvalue weighted by molar-refractivity contribution is 7.92. The Morgan fingerprint density at radius 1 is 1.00 bits per heavy atom. The van der Waals surface area contributed by atoms with Gasteiger partial charge in [-0.2, -0.15) is 0 Å². The van der Waals surface area contributed by atoms with Crippen LogP contribution >= 0.6 is 0 Å². The zero-order valence-electron chi connectivity index (χ0n) is 13.6. The van der Waals surface area contributed by atoms with Gasteiger partial charge in [0.15, 0.2) is 0 Å². The largest absolute Gasteiger partial charge is 0.366 e. The van der Waals surface area contributed by atoms with Gasteiger partial charge in [0, 0.05) is 24.8 Å². The summed E-state index contributed by atoms with van der Waals surface area (Å²) in [5.74, 6) is 0. The molecule has 0 atom stereocenters. The number of nitro groups is 1.